The lowest BCUT2D eigenvalue weighted by molar-refractivity contribution is 0.0697. The number of carboxylic acid groups (broad SMARTS) is 1. The molecule has 8 heteroatoms. The van der Waals surface area contributed by atoms with Crippen molar-refractivity contribution in [1.82, 2.24) is 10.3 Å². The zero-order valence-electron chi connectivity index (χ0n) is 18.8. The Morgan fingerprint density at radius 1 is 1.14 bits per heavy atom. The Morgan fingerprint density at radius 2 is 1.94 bits per heavy atom. The molecule has 2 atom stereocenters. The van der Waals surface area contributed by atoms with E-state index in [1.165, 1.54) is 17.7 Å². The molecule has 0 aliphatic carbocycles. The van der Waals surface area contributed by atoms with Crippen LogP contribution in [-0.2, 0) is 6.42 Å². The molecular weight excluding hydrogens is 482 g/mol. The van der Waals surface area contributed by atoms with Crippen LogP contribution < -0.4 is 10.2 Å². The number of aromatic carboxylic acids is 1. The fourth-order valence-corrected chi connectivity index (χ4v) is 4.87. The lowest BCUT2D eigenvalue weighted by Gasteiger charge is -2.26. The normalized spacial score (nSPS) is 17.4. The summed E-state index contributed by atoms with van der Waals surface area (Å²) in [5.74, 6) is 0.100. The number of carboxylic acids is 1. The van der Waals surface area contributed by atoms with E-state index >= 15 is 0 Å². The van der Waals surface area contributed by atoms with E-state index in [4.69, 9.17) is 28.2 Å². The minimum absolute atomic E-state index is 0.134. The maximum Gasteiger partial charge on any atom is 0.335 e. The number of hydrogen-bond donors (Lipinski definition) is 2. The summed E-state index contributed by atoms with van der Waals surface area (Å²) in [7, 11) is 0. The fraction of sp³-hybridized carbons (Fsp3) is 0.148. The molecule has 0 radical (unpaired) electrons. The monoisotopic (exact) mass is 503 g/mol. The Hall–Kier alpha value is -3.68. The molecule has 0 amide bonds. The average Bonchev–Trinajstić information content (AvgIpc) is 3.49. The smallest absolute Gasteiger partial charge is 0.335 e. The largest absolute Gasteiger partial charge is 0.478 e. The van der Waals surface area contributed by atoms with Crippen LogP contribution in [0.4, 0.5) is 5.69 Å². The number of rotatable bonds is 6. The molecule has 35 heavy (non-hydrogen) atoms. The Morgan fingerprint density at radius 3 is 2.63 bits per heavy atom. The Bertz CT molecular complexity index is 1390. The molecule has 1 saturated heterocycles. The minimum atomic E-state index is -1.03. The summed E-state index contributed by atoms with van der Waals surface area (Å²) in [4.78, 5) is 18.1. The highest BCUT2D eigenvalue weighted by atomic mass is 35.5. The van der Waals surface area contributed by atoms with Crippen molar-refractivity contribution in [2.75, 3.05) is 4.90 Å². The molecule has 0 unspecified atom stereocenters. The van der Waals surface area contributed by atoms with E-state index in [1.807, 2.05) is 29.2 Å². The van der Waals surface area contributed by atoms with Crippen LogP contribution in [0.3, 0.4) is 0 Å². The summed E-state index contributed by atoms with van der Waals surface area (Å²) in [5.41, 5.74) is 3.65. The summed E-state index contributed by atoms with van der Waals surface area (Å²) >= 11 is 12.2. The molecule has 2 aromatic carbocycles. The van der Waals surface area contributed by atoms with Crippen molar-refractivity contribution >= 4 is 40.6 Å². The van der Waals surface area contributed by atoms with E-state index in [2.05, 4.69) is 41.5 Å². The number of carbonyl (C=O) groups is 1. The molecule has 0 bridgehead atoms. The van der Waals surface area contributed by atoms with Gasteiger partial charge < -0.3 is 19.7 Å². The number of halogens is 1. The van der Waals surface area contributed by atoms with E-state index in [-0.39, 0.29) is 17.6 Å². The van der Waals surface area contributed by atoms with Gasteiger partial charge in [-0.3, -0.25) is 4.98 Å². The Kier molecular flexibility index (Phi) is 6.28. The summed E-state index contributed by atoms with van der Waals surface area (Å²) < 4.78 is 6.32. The van der Waals surface area contributed by atoms with Crippen molar-refractivity contribution in [2.24, 2.45) is 0 Å². The summed E-state index contributed by atoms with van der Waals surface area (Å²) in [5, 5.41) is 13.8. The van der Waals surface area contributed by atoms with Crippen LogP contribution in [0, 0.1) is 0 Å². The first kappa shape index (κ1) is 23.1. The third-order valence-electron chi connectivity index (χ3n) is 6.12. The number of aromatic nitrogens is 1. The highest BCUT2D eigenvalue weighted by molar-refractivity contribution is 7.80. The van der Waals surface area contributed by atoms with E-state index in [1.54, 1.807) is 18.3 Å². The molecule has 5 rings (SSSR count). The molecule has 1 aliphatic rings. The second-order valence-corrected chi connectivity index (χ2v) is 9.01. The van der Waals surface area contributed by atoms with Crippen LogP contribution in [0.1, 0.15) is 46.4 Å². The number of anilines is 1. The standard InChI is InChI=1S/C27H22ClN3O3S/c1-2-16-6-9-18(10-7-16)31-25(24(30-27(31)35)21-5-3-4-14-29-21)23-13-12-22(34-23)19-15-17(26(32)33)8-11-20(19)28/h3-15,24-25H,2H2,1H3,(H,30,35)(H,32,33)/t24-,25-/m1/s1. The number of thiocarbonyl (C=S) groups is 1. The van der Waals surface area contributed by atoms with Gasteiger partial charge in [0.1, 0.15) is 17.6 Å². The van der Waals surface area contributed by atoms with Gasteiger partial charge in [-0.1, -0.05) is 36.7 Å². The van der Waals surface area contributed by atoms with Crippen molar-refractivity contribution in [2.45, 2.75) is 25.4 Å². The molecular formula is C27H22ClN3O3S. The quantitative estimate of drug-likeness (QED) is 0.293. The van der Waals surface area contributed by atoms with Crippen LogP contribution in [0.5, 0.6) is 0 Å². The van der Waals surface area contributed by atoms with Gasteiger partial charge in [-0.25, -0.2) is 4.79 Å². The zero-order chi connectivity index (χ0) is 24.5. The SMILES string of the molecule is CCc1ccc(N2C(=S)N[C@H](c3ccccn3)[C@H]2c2ccc(-c3cc(C(=O)O)ccc3Cl)o2)cc1. The van der Waals surface area contributed by atoms with Crippen molar-refractivity contribution in [3.63, 3.8) is 0 Å². The van der Waals surface area contributed by atoms with Crippen molar-refractivity contribution in [1.29, 1.82) is 0 Å². The molecule has 2 aromatic heterocycles. The van der Waals surface area contributed by atoms with Gasteiger partial charge in [-0.15, -0.1) is 0 Å². The lowest BCUT2D eigenvalue weighted by Crippen LogP contribution is -2.29. The highest BCUT2D eigenvalue weighted by Crippen LogP contribution is 2.43. The van der Waals surface area contributed by atoms with E-state index in [9.17, 15) is 9.90 Å². The van der Waals surface area contributed by atoms with Crippen LogP contribution >= 0.6 is 23.8 Å². The van der Waals surface area contributed by atoms with Crippen LogP contribution in [0.25, 0.3) is 11.3 Å². The van der Waals surface area contributed by atoms with Gasteiger partial charge in [-0.05, 0) is 78.8 Å². The highest BCUT2D eigenvalue weighted by Gasteiger charge is 2.42. The predicted molar refractivity (Wildman–Crippen MR) is 140 cm³/mol. The number of hydrogen-bond acceptors (Lipinski definition) is 4. The molecule has 1 aliphatic heterocycles. The maximum atomic E-state index is 11.5. The van der Waals surface area contributed by atoms with Gasteiger partial charge in [0.2, 0.25) is 0 Å². The number of pyridine rings is 1. The first-order valence-corrected chi connectivity index (χ1v) is 12.0. The molecule has 2 N–H and O–H groups in total. The zero-order valence-corrected chi connectivity index (χ0v) is 20.4. The van der Waals surface area contributed by atoms with Crippen molar-refractivity contribution in [3.05, 3.63) is 107 Å². The average molecular weight is 504 g/mol. The summed E-state index contributed by atoms with van der Waals surface area (Å²) in [6, 6.07) is 21.7. The van der Waals surface area contributed by atoms with Crippen molar-refractivity contribution in [3.8, 4) is 11.3 Å². The molecule has 176 valence electrons. The van der Waals surface area contributed by atoms with Gasteiger partial charge in [-0.2, -0.15) is 0 Å². The number of furan rings is 1. The molecule has 4 aromatic rings. The second kappa shape index (κ2) is 9.52. The van der Waals surface area contributed by atoms with Crippen LogP contribution in [0.15, 0.2) is 83.4 Å². The summed E-state index contributed by atoms with van der Waals surface area (Å²) in [6.45, 7) is 2.12. The first-order valence-electron chi connectivity index (χ1n) is 11.2. The number of benzene rings is 2. The van der Waals surface area contributed by atoms with Crippen molar-refractivity contribution < 1.29 is 14.3 Å². The minimum Gasteiger partial charge on any atom is -0.478 e. The molecule has 6 nitrogen and oxygen atoms in total. The van der Waals surface area contributed by atoms with E-state index in [0.717, 1.165) is 17.8 Å². The second-order valence-electron chi connectivity index (χ2n) is 8.22. The van der Waals surface area contributed by atoms with E-state index in [0.29, 0.717) is 27.2 Å². The summed E-state index contributed by atoms with van der Waals surface area (Å²) in [6.07, 6.45) is 2.70. The van der Waals surface area contributed by atoms with Gasteiger partial charge >= 0.3 is 5.97 Å². The lowest BCUT2D eigenvalue weighted by atomic mass is 10.0. The van der Waals surface area contributed by atoms with Gasteiger partial charge in [0.15, 0.2) is 5.11 Å². The molecule has 0 saturated carbocycles. The number of nitrogens with zero attached hydrogens (tertiary/aromatic N) is 2. The maximum absolute atomic E-state index is 11.5. The van der Waals surface area contributed by atoms with Gasteiger partial charge in [0.05, 0.1) is 22.3 Å². The Balaban J connectivity index is 1.60. The molecule has 3 heterocycles. The molecule has 1 fully saturated rings. The third-order valence-corrected chi connectivity index (χ3v) is 6.76. The van der Waals surface area contributed by atoms with Gasteiger partial charge in [0, 0.05) is 17.4 Å². The third kappa shape index (κ3) is 4.40. The fourth-order valence-electron chi connectivity index (χ4n) is 4.32. The topological polar surface area (TPSA) is 78.6 Å². The van der Waals surface area contributed by atoms with E-state index < -0.39 is 5.97 Å². The number of aryl methyl sites for hydroxylation is 1. The first-order chi connectivity index (χ1) is 17.0. The Labute approximate surface area is 213 Å². The van der Waals surface area contributed by atoms with Gasteiger partial charge in [0.25, 0.3) is 0 Å². The predicted octanol–water partition coefficient (Wildman–Crippen LogP) is 6.43. The number of nitrogens with one attached hydrogen (secondary N) is 1. The molecule has 0 spiro atoms. The van der Waals surface area contributed by atoms with Crippen LogP contribution in [0.2, 0.25) is 5.02 Å². The van der Waals surface area contributed by atoms with Crippen LogP contribution in [-0.4, -0.2) is 21.2 Å².